The van der Waals surface area contributed by atoms with Crippen LogP contribution in [0.5, 0.6) is 0 Å². The Labute approximate surface area is 90.8 Å². The highest BCUT2D eigenvalue weighted by Crippen LogP contribution is 2.06. The molecule has 0 aliphatic carbocycles. The predicted molar refractivity (Wildman–Crippen MR) is 60.9 cm³/mol. The van der Waals surface area contributed by atoms with Gasteiger partial charge in [-0.2, -0.15) is 0 Å². The van der Waals surface area contributed by atoms with E-state index in [1.165, 1.54) is 0 Å². The topological polar surface area (TPSA) is 58.0 Å². The molecule has 2 N–H and O–H groups in total. The third-order valence-electron chi connectivity index (χ3n) is 2.33. The van der Waals surface area contributed by atoms with E-state index in [1.807, 2.05) is 13.8 Å². The fourth-order valence-corrected chi connectivity index (χ4v) is 1.28. The van der Waals surface area contributed by atoms with Crippen LogP contribution in [0.25, 0.3) is 0 Å². The van der Waals surface area contributed by atoms with E-state index in [2.05, 4.69) is 22.2 Å². The van der Waals surface area contributed by atoms with Crippen molar-refractivity contribution in [2.45, 2.75) is 39.7 Å². The van der Waals surface area contributed by atoms with Crippen molar-refractivity contribution in [2.24, 2.45) is 0 Å². The number of aromatic nitrogens is 2. The van der Waals surface area contributed by atoms with E-state index >= 15 is 0 Å². The van der Waals surface area contributed by atoms with Gasteiger partial charge < -0.3 is 10.4 Å². The molecule has 4 nitrogen and oxygen atoms in total. The maximum Gasteiger partial charge on any atom is 0.144 e. The first-order valence-corrected chi connectivity index (χ1v) is 5.35. The van der Waals surface area contributed by atoms with Crippen LogP contribution < -0.4 is 5.32 Å². The highest BCUT2D eigenvalue weighted by atomic mass is 16.3. The second kappa shape index (κ2) is 5.66. The van der Waals surface area contributed by atoms with E-state index in [9.17, 15) is 5.11 Å². The van der Waals surface area contributed by atoms with Gasteiger partial charge in [0.15, 0.2) is 0 Å². The molecule has 0 aliphatic heterocycles. The lowest BCUT2D eigenvalue weighted by atomic mass is 10.2. The van der Waals surface area contributed by atoms with Gasteiger partial charge in [0.05, 0.1) is 23.7 Å². The van der Waals surface area contributed by atoms with E-state index in [0.717, 1.165) is 30.0 Å². The first kappa shape index (κ1) is 11.9. The Morgan fingerprint density at radius 2 is 2.13 bits per heavy atom. The van der Waals surface area contributed by atoms with Crippen molar-refractivity contribution >= 4 is 5.82 Å². The second-order valence-electron chi connectivity index (χ2n) is 3.75. The molecule has 0 amide bonds. The van der Waals surface area contributed by atoms with Gasteiger partial charge in [-0.25, -0.2) is 4.98 Å². The molecule has 1 aromatic heterocycles. The summed E-state index contributed by atoms with van der Waals surface area (Å²) in [6.45, 7) is 6.44. The molecule has 0 radical (unpaired) electrons. The van der Waals surface area contributed by atoms with Crippen molar-refractivity contribution in [3.63, 3.8) is 0 Å². The zero-order valence-corrected chi connectivity index (χ0v) is 9.62. The third kappa shape index (κ3) is 3.83. The van der Waals surface area contributed by atoms with Gasteiger partial charge in [-0.05, 0) is 20.3 Å². The Morgan fingerprint density at radius 1 is 1.40 bits per heavy atom. The first-order chi connectivity index (χ1) is 7.13. The highest BCUT2D eigenvalue weighted by molar-refractivity contribution is 5.33. The number of nitrogens with one attached hydrogen (secondary N) is 1. The van der Waals surface area contributed by atoms with Gasteiger partial charge in [0.25, 0.3) is 0 Å². The van der Waals surface area contributed by atoms with Crippen LogP contribution in [0.15, 0.2) is 6.20 Å². The second-order valence-corrected chi connectivity index (χ2v) is 3.75. The number of hydrogen-bond acceptors (Lipinski definition) is 4. The van der Waals surface area contributed by atoms with Crippen LogP contribution in [0.1, 0.15) is 31.2 Å². The first-order valence-electron chi connectivity index (χ1n) is 5.35. The molecule has 0 spiro atoms. The van der Waals surface area contributed by atoms with Gasteiger partial charge in [0.1, 0.15) is 5.82 Å². The molecule has 4 heteroatoms. The van der Waals surface area contributed by atoms with Crippen LogP contribution in [0, 0.1) is 13.8 Å². The van der Waals surface area contributed by atoms with Crippen molar-refractivity contribution < 1.29 is 5.11 Å². The summed E-state index contributed by atoms with van der Waals surface area (Å²) in [5.41, 5.74) is 1.86. The molecule has 1 heterocycles. The average Bonchev–Trinajstić information content (AvgIpc) is 2.20. The quantitative estimate of drug-likeness (QED) is 0.774. The minimum atomic E-state index is -0.307. The van der Waals surface area contributed by atoms with Crippen LogP contribution in [0.4, 0.5) is 5.82 Å². The van der Waals surface area contributed by atoms with E-state index in [1.54, 1.807) is 6.20 Å². The van der Waals surface area contributed by atoms with Crippen molar-refractivity contribution in [2.75, 3.05) is 11.9 Å². The normalized spacial score (nSPS) is 12.5. The molecular formula is C11H19N3O. The standard InChI is InChI=1S/C11H19N3O/c1-4-5-10(15)6-13-11-7-12-8(2)9(3)14-11/h7,10,15H,4-6H2,1-3H3,(H,13,14). The van der Waals surface area contributed by atoms with Crippen molar-refractivity contribution in [1.82, 2.24) is 9.97 Å². The molecule has 1 aromatic rings. The highest BCUT2D eigenvalue weighted by Gasteiger charge is 2.03. The Morgan fingerprint density at radius 3 is 2.73 bits per heavy atom. The smallest absolute Gasteiger partial charge is 0.144 e. The molecular weight excluding hydrogens is 190 g/mol. The molecule has 84 valence electrons. The monoisotopic (exact) mass is 209 g/mol. The number of aliphatic hydroxyl groups excluding tert-OH is 1. The molecule has 0 saturated heterocycles. The summed E-state index contributed by atoms with van der Waals surface area (Å²) in [7, 11) is 0. The van der Waals surface area contributed by atoms with Crippen molar-refractivity contribution in [3.05, 3.63) is 17.6 Å². The van der Waals surface area contributed by atoms with E-state index in [-0.39, 0.29) is 6.10 Å². The van der Waals surface area contributed by atoms with Gasteiger partial charge in [-0.15, -0.1) is 0 Å². The summed E-state index contributed by atoms with van der Waals surface area (Å²) < 4.78 is 0. The Bertz CT molecular complexity index is 315. The zero-order valence-electron chi connectivity index (χ0n) is 9.62. The molecule has 0 bridgehead atoms. The van der Waals surface area contributed by atoms with Gasteiger partial charge >= 0.3 is 0 Å². The summed E-state index contributed by atoms with van der Waals surface area (Å²) in [6, 6.07) is 0. The molecule has 0 aromatic carbocycles. The van der Waals surface area contributed by atoms with Gasteiger partial charge in [0.2, 0.25) is 0 Å². The van der Waals surface area contributed by atoms with Gasteiger partial charge in [-0.1, -0.05) is 13.3 Å². The van der Waals surface area contributed by atoms with Gasteiger partial charge in [-0.3, -0.25) is 4.98 Å². The van der Waals surface area contributed by atoms with Crippen LogP contribution >= 0.6 is 0 Å². The van der Waals surface area contributed by atoms with E-state index < -0.39 is 0 Å². The minimum absolute atomic E-state index is 0.307. The molecule has 0 saturated carbocycles. The van der Waals surface area contributed by atoms with Crippen molar-refractivity contribution in [1.29, 1.82) is 0 Å². The lowest BCUT2D eigenvalue weighted by molar-refractivity contribution is 0.176. The van der Waals surface area contributed by atoms with Crippen LogP contribution in [-0.4, -0.2) is 27.7 Å². The zero-order chi connectivity index (χ0) is 11.3. The number of nitrogens with zero attached hydrogens (tertiary/aromatic N) is 2. The number of hydrogen-bond donors (Lipinski definition) is 2. The van der Waals surface area contributed by atoms with E-state index in [4.69, 9.17) is 0 Å². The maximum atomic E-state index is 9.52. The summed E-state index contributed by atoms with van der Waals surface area (Å²) in [5.74, 6) is 0.730. The fraction of sp³-hybridized carbons (Fsp3) is 0.636. The lowest BCUT2D eigenvalue weighted by Crippen LogP contribution is -2.19. The van der Waals surface area contributed by atoms with E-state index in [0.29, 0.717) is 6.54 Å². The Balaban J connectivity index is 2.47. The molecule has 1 unspecified atom stereocenters. The summed E-state index contributed by atoms with van der Waals surface area (Å²) in [5, 5.41) is 12.6. The number of rotatable bonds is 5. The number of anilines is 1. The number of aryl methyl sites for hydroxylation is 2. The summed E-state index contributed by atoms with van der Waals surface area (Å²) >= 11 is 0. The molecule has 0 aliphatic rings. The van der Waals surface area contributed by atoms with Crippen LogP contribution in [0.3, 0.4) is 0 Å². The molecule has 1 rings (SSSR count). The Kier molecular flexibility index (Phi) is 4.49. The third-order valence-corrected chi connectivity index (χ3v) is 2.33. The lowest BCUT2D eigenvalue weighted by Gasteiger charge is -2.11. The van der Waals surface area contributed by atoms with Crippen molar-refractivity contribution in [3.8, 4) is 0 Å². The Hall–Kier alpha value is -1.16. The average molecular weight is 209 g/mol. The summed E-state index contributed by atoms with van der Waals surface area (Å²) in [6.07, 6.45) is 3.19. The summed E-state index contributed by atoms with van der Waals surface area (Å²) in [4.78, 5) is 8.52. The minimum Gasteiger partial charge on any atom is -0.391 e. The molecule has 1 atom stereocenters. The molecule has 15 heavy (non-hydrogen) atoms. The predicted octanol–water partition coefficient (Wildman–Crippen LogP) is 1.67. The fourth-order valence-electron chi connectivity index (χ4n) is 1.28. The SMILES string of the molecule is CCCC(O)CNc1cnc(C)c(C)n1. The maximum absolute atomic E-state index is 9.52. The van der Waals surface area contributed by atoms with Crippen LogP contribution in [-0.2, 0) is 0 Å². The van der Waals surface area contributed by atoms with Crippen LogP contribution in [0.2, 0.25) is 0 Å². The largest absolute Gasteiger partial charge is 0.391 e. The number of aliphatic hydroxyl groups is 1. The molecule has 0 fully saturated rings. The van der Waals surface area contributed by atoms with Gasteiger partial charge in [0, 0.05) is 6.54 Å².